The van der Waals surface area contributed by atoms with Gasteiger partial charge in [0.15, 0.2) is 5.78 Å². The van der Waals surface area contributed by atoms with Crippen LogP contribution in [0.3, 0.4) is 0 Å². The van der Waals surface area contributed by atoms with Crippen LogP contribution in [0.2, 0.25) is 0 Å². The lowest BCUT2D eigenvalue weighted by Crippen LogP contribution is -2.56. The second-order valence-electron chi connectivity index (χ2n) is 6.83. The smallest absolute Gasteiger partial charge is 0.291 e. The number of fused-ring (bicyclic) bond motifs is 3. The van der Waals surface area contributed by atoms with E-state index in [0.29, 0.717) is 17.3 Å². The molecule has 3 amide bonds. The van der Waals surface area contributed by atoms with Gasteiger partial charge in [-0.2, -0.15) is 0 Å². The number of benzene rings is 1. The molecule has 2 aliphatic heterocycles. The molecule has 1 aromatic heterocycles. The van der Waals surface area contributed by atoms with E-state index in [1.54, 1.807) is 19.2 Å². The van der Waals surface area contributed by atoms with Gasteiger partial charge in [0, 0.05) is 19.7 Å². The highest BCUT2D eigenvalue weighted by molar-refractivity contribution is 6.20. The van der Waals surface area contributed by atoms with Crippen LogP contribution in [0, 0.1) is 13.8 Å². The van der Waals surface area contributed by atoms with Crippen LogP contribution < -0.4 is 4.57 Å². The summed E-state index contributed by atoms with van der Waals surface area (Å²) in [6.07, 6.45) is 0. The minimum atomic E-state index is -0.681. The number of hydrogen-bond donors (Lipinski definition) is 0. The van der Waals surface area contributed by atoms with Crippen molar-refractivity contribution in [3.63, 3.8) is 0 Å². The molecule has 4 rings (SSSR count). The molecule has 27 heavy (non-hydrogen) atoms. The van der Waals surface area contributed by atoms with E-state index in [1.807, 2.05) is 41.2 Å². The Morgan fingerprint density at radius 1 is 1.11 bits per heavy atom. The molecule has 2 aliphatic rings. The van der Waals surface area contributed by atoms with Crippen molar-refractivity contribution in [2.24, 2.45) is 4.99 Å². The van der Waals surface area contributed by atoms with Crippen LogP contribution in [0.15, 0.2) is 35.3 Å². The van der Waals surface area contributed by atoms with Gasteiger partial charge in [-0.1, -0.05) is 35.3 Å². The topological polar surface area (TPSA) is 78.9 Å². The quantitative estimate of drug-likeness (QED) is 0.608. The van der Waals surface area contributed by atoms with Gasteiger partial charge in [0.2, 0.25) is 11.9 Å². The lowest BCUT2D eigenvalue weighted by Gasteiger charge is -2.30. The highest BCUT2D eigenvalue weighted by Gasteiger charge is 2.53. The number of aromatic nitrogens is 2. The SMILES string of the molecule is Cc1c(C)[n+](CC(=O)c2ccccc2)c2n1C1C(=O)N(C)C(=O)N(C)C1=N2. The first kappa shape index (κ1) is 17.1. The summed E-state index contributed by atoms with van der Waals surface area (Å²) in [5.74, 6) is 0.537. The first-order valence-corrected chi connectivity index (χ1v) is 8.66. The molecule has 0 aliphatic carbocycles. The van der Waals surface area contributed by atoms with Gasteiger partial charge in [-0.3, -0.25) is 19.4 Å². The first-order valence-electron chi connectivity index (χ1n) is 8.66. The second-order valence-corrected chi connectivity index (χ2v) is 6.83. The van der Waals surface area contributed by atoms with E-state index in [2.05, 4.69) is 4.99 Å². The summed E-state index contributed by atoms with van der Waals surface area (Å²) in [6.45, 7) is 3.91. The Morgan fingerprint density at radius 2 is 1.78 bits per heavy atom. The van der Waals surface area contributed by atoms with Crippen LogP contribution >= 0.6 is 0 Å². The molecule has 0 bridgehead atoms. The van der Waals surface area contributed by atoms with E-state index in [0.717, 1.165) is 16.3 Å². The second kappa shape index (κ2) is 5.87. The monoisotopic (exact) mass is 366 g/mol. The van der Waals surface area contributed by atoms with Gasteiger partial charge in [-0.05, 0) is 13.8 Å². The summed E-state index contributed by atoms with van der Waals surface area (Å²) < 4.78 is 3.62. The Morgan fingerprint density at radius 3 is 2.44 bits per heavy atom. The van der Waals surface area contributed by atoms with Gasteiger partial charge in [0.1, 0.15) is 17.9 Å². The molecule has 0 saturated carbocycles. The molecule has 0 radical (unpaired) electrons. The van der Waals surface area contributed by atoms with Crippen LogP contribution in [0.4, 0.5) is 10.7 Å². The minimum Gasteiger partial charge on any atom is -0.291 e. The molecule has 1 aromatic carbocycles. The molecular formula is C19H20N5O3+. The summed E-state index contributed by atoms with van der Waals surface area (Å²) in [5.41, 5.74) is 2.33. The summed E-state index contributed by atoms with van der Waals surface area (Å²) in [4.78, 5) is 44.7. The zero-order chi connectivity index (χ0) is 19.5. The predicted octanol–water partition coefficient (Wildman–Crippen LogP) is 1.38. The maximum absolute atomic E-state index is 12.7. The van der Waals surface area contributed by atoms with Crippen LogP contribution in [-0.4, -0.2) is 52.0 Å². The van der Waals surface area contributed by atoms with E-state index < -0.39 is 12.1 Å². The number of imidazole rings is 1. The Hall–Kier alpha value is -3.29. The zero-order valence-electron chi connectivity index (χ0n) is 15.6. The van der Waals surface area contributed by atoms with Gasteiger partial charge in [-0.15, -0.1) is 0 Å². The Bertz CT molecular complexity index is 1020. The fourth-order valence-electron chi connectivity index (χ4n) is 3.63. The molecule has 138 valence electrons. The third-order valence-corrected chi connectivity index (χ3v) is 5.34. The van der Waals surface area contributed by atoms with E-state index in [4.69, 9.17) is 0 Å². The summed E-state index contributed by atoms with van der Waals surface area (Å²) >= 11 is 0. The number of rotatable bonds is 3. The van der Waals surface area contributed by atoms with Crippen molar-refractivity contribution >= 4 is 29.5 Å². The molecule has 8 nitrogen and oxygen atoms in total. The number of amides is 3. The zero-order valence-corrected chi connectivity index (χ0v) is 15.6. The molecular weight excluding hydrogens is 346 g/mol. The van der Waals surface area contributed by atoms with Crippen molar-refractivity contribution in [1.29, 1.82) is 0 Å². The van der Waals surface area contributed by atoms with Crippen molar-refractivity contribution < 1.29 is 19.0 Å². The van der Waals surface area contributed by atoms with Gasteiger partial charge in [0.25, 0.3) is 5.91 Å². The molecule has 0 N–H and O–H groups in total. The van der Waals surface area contributed by atoms with Crippen LogP contribution in [0.25, 0.3) is 0 Å². The average molecular weight is 366 g/mol. The number of carbonyl (C=O) groups is 3. The predicted molar refractivity (Wildman–Crippen MR) is 96.9 cm³/mol. The maximum atomic E-state index is 12.7. The van der Waals surface area contributed by atoms with Crippen LogP contribution in [0.5, 0.6) is 0 Å². The molecule has 1 atom stereocenters. The summed E-state index contributed by atoms with van der Waals surface area (Å²) in [6, 6.07) is 7.96. The maximum Gasteiger partial charge on any atom is 0.402 e. The van der Waals surface area contributed by atoms with E-state index in [1.165, 1.54) is 11.9 Å². The standard InChI is InChI=1S/C19H20N5O3/c1-11-12(2)24-15-16(21(3)19(27)22(4)17(15)26)20-18(24)23(11)10-14(25)13-8-6-5-7-9-13/h5-9,15H,10H2,1-4H3/q+1. The van der Waals surface area contributed by atoms with Crippen LogP contribution in [0.1, 0.15) is 27.8 Å². The van der Waals surface area contributed by atoms with Gasteiger partial charge in [-0.25, -0.2) is 13.9 Å². The molecule has 2 aromatic rings. The summed E-state index contributed by atoms with van der Waals surface area (Å²) in [5, 5.41) is 0. The van der Waals surface area contributed by atoms with E-state index >= 15 is 0 Å². The number of imide groups is 1. The molecule has 0 spiro atoms. The summed E-state index contributed by atoms with van der Waals surface area (Å²) in [7, 11) is 3.07. The lowest BCUT2D eigenvalue weighted by atomic mass is 10.1. The van der Waals surface area contributed by atoms with E-state index in [-0.39, 0.29) is 18.2 Å². The Labute approximate surface area is 156 Å². The number of hydrogen-bond acceptors (Lipinski definition) is 4. The van der Waals surface area contributed by atoms with Crippen molar-refractivity contribution in [1.82, 2.24) is 14.4 Å². The third kappa shape index (κ3) is 2.33. The number of nitrogens with zero attached hydrogens (tertiary/aromatic N) is 5. The average Bonchev–Trinajstić information content (AvgIpc) is 3.17. The van der Waals surface area contributed by atoms with Crippen molar-refractivity contribution in [3.05, 3.63) is 47.3 Å². The number of amidine groups is 1. The molecule has 1 saturated heterocycles. The number of Topliss-reactive ketones (excluding diaryl/α,β-unsaturated/α-hetero) is 1. The van der Waals surface area contributed by atoms with Crippen LogP contribution in [-0.2, 0) is 11.3 Å². The van der Waals surface area contributed by atoms with Gasteiger partial charge < -0.3 is 0 Å². The number of ketones is 1. The first-order chi connectivity index (χ1) is 12.8. The van der Waals surface area contributed by atoms with Gasteiger partial charge >= 0.3 is 12.0 Å². The molecule has 3 heterocycles. The number of aliphatic imine (C=N–C) groups is 1. The van der Waals surface area contributed by atoms with Crippen molar-refractivity contribution in [3.8, 4) is 0 Å². The number of urea groups is 1. The molecule has 1 unspecified atom stereocenters. The molecule has 8 heteroatoms. The fraction of sp³-hybridized carbons (Fsp3) is 0.316. The highest BCUT2D eigenvalue weighted by atomic mass is 16.2. The normalized spacial score (nSPS) is 18.5. The minimum absolute atomic E-state index is 0.0416. The number of carbonyl (C=O) groups excluding carboxylic acids is 3. The fourth-order valence-corrected chi connectivity index (χ4v) is 3.63. The van der Waals surface area contributed by atoms with Crippen molar-refractivity contribution in [2.45, 2.75) is 26.4 Å². The Kier molecular flexibility index (Phi) is 3.73. The Balaban J connectivity index is 1.80. The lowest BCUT2D eigenvalue weighted by molar-refractivity contribution is -0.675. The van der Waals surface area contributed by atoms with Gasteiger partial charge in [0.05, 0.1) is 0 Å². The number of likely N-dealkylation sites (N-methyl/N-ethyl adjacent to an activating group) is 2. The molecule has 1 fully saturated rings. The highest BCUT2D eigenvalue weighted by Crippen LogP contribution is 2.34. The van der Waals surface area contributed by atoms with E-state index in [9.17, 15) is 14.4 Å². The van der Waals surface area contributed by atoms with Crippen molar-refractivity contribution in [2.75, 3.05) is 14.1 Å². The largest absolute Gasteiger partial charge is 0.402 e. The third-order valence-electron chi connectivity index (χ3n) is 5.34.